The first-order valence-corrected chi connectivity index (χ1v) is 6.37. The van der Waals surface area contributed by atoms with E-state index in [0.717, 1.165) is 5.56 Å². The van der Waals surface area contributed by atoms with Crippen molar-refractivity contribution in [3.63, 3.8) is 0 Å². The minimum atomic E-state index is -0.438. The van der Waals surface area contributed by atoms with E-state index >= 15 is 0 Å². The van der Waals surface area contributed by atoms with Gasteiger partial charge >= 0.3 is 0 Å². The third-order valence-electron chi connectivity index (χ3n) is 2.81. The Labute approximate surface area is 117 Å². The first-order chi connectivity index (χ1) is 9.08. The largest absolute Gasteiger partial charge is 0.489 e. The maximum Gasteiger partial charge on any atom is 0.142 e. The van der Waals surface area contributed by atoms with Crippen LogP contribution in [0.25, 0.3) is 0 Å². The zero-order chi connectivity index (χ0) is 13.8. The van der Waals surface area contributed by atoms with Gasteiger partial charge in [0, 0.05) is 11.6 Å². The van der Waals surface area contributed by atoms with E-state index in [4.69, 9.17) is 22.1 Å². The highest BCUT2D eigenvalue weighted by molar-refractivity contribution is 6.31. The molecule has 2 aromatic rings. The number of hydrogen-bond acceptors (Lipinski definition) is 2. The highest BCUT2D eigenvalue weighted by atomic mass is 35.5. The molecule has 2 N–H and O–H groups in total. The maximum absolute atomic E-state index is 13.3. The van der Waals surface area contributed by atoms with Crippen LogP contribution in [-0.4, -0.2) is 0 Å². The summed E-state index contributed by atoms with van der Waals surface area (Å²) in [5.41, 5.74) is 7.41. The average molecular weight is 280 g/mol. The van der Waals surface area contributed by atoms with E-state index in [9.17, 15) is 4.39 Å². The third kappa shape index (κ3) is 3.46. The molecule has 19 heavy (non-hydrogen) atoms. The molecule has 0 aliphatic rings. The van der Waals surface area contributed by atoms with Crippen LogP contribution in [0.3, 0.4) is 0 Å². The molecular weight excluding hydrogens is 265 g/mol. The quantitative estimate of drug-likeness (QED) is 0.915. The van der Waals surface area contributed by atoms with Gasteiger partial charge in [-0.15, -0.1) is 0 Å². The molecule has 2 aromatic carbocycles. The standard InChI is InChI=1S/C15H15ClFNO/c1-10(18)11-4-2-6-13(8-11)19-9-12-5-3-7-14(17)15(12)16/h2-8,10H,9,18H2,1H3. The summed E-state index contributed by atoms with van der Waals surface area (Å²) in [6, 6.07) is 12.1. The van der Waals surface area contributed by atoms with Gasteiger partial charge in [0.05, 0.1) is 5.02 Å². The van der Waals surface area contributed by atoms with E-state index < -0.39 is 5.82 Å². The molecule has 0 heterocycles. The lowest BCUT2D eigenvalue weighted by Gasteiger charge is -2.11. The van der Waals surface area contributed by atoms with Gasteiger partial charge in [-0.1, -0.05) is 35.9 Å². The van der Waals surface area contributed by atoms with E-state index in [0.29, 0.717) is 11.3 Å². The molecule has 0 aliphatic carbocycles. The van der Waals surface area contributed by atoms with Crippen LogP contribution in [0, 0.1) is 5.82 Å². The van der Waals surface area contributed by atoms with Crippen molar-refractivity contribution >= 4 is 11.6 Å². The van der Waals surface area contributed by atoms with Gasteiger partial charge in [-0.25, -0.2) is 4.39 Å². The average Bonchev–Trinajstić information content (AvgIpc) is 2.41. The van der Waals surface area contributed by atoms with Crippen LogP contribution in [0.2, 0.25) is 5.02 Å². The fourth-order valence-electron chi connectivity index (χ4n) is 1.71. The number of benzene rings is 2. The number of rotatable bonds is 4. The Morgan fingerprint density at radius 1 is 1.26 bits per heavy atom. The van der Waals surface area contributed by atoms with E-state index in [1.165, 1.54) is 6.07 Å². The lowest BCUT2D eigenvalue weighted by molar-refractivity contribution is 0.305. The van der Waals surface area contributed by atoms with Crippen molar-refractivity contribution in [2.24, 2.45) is 5.73 Å². The summed E-state index contributed by atoms with van der Waals surface area (Å²) in [5.74, 6) is 0.252. The monoisotopic (exact) mass is 279 g/mol. The summed E-state index contributed by atoms with van der Waals surface area (Å²) in [5, 5.41) is 0.103. The molecule has 0 amide bonds. The zero-order valence-electron chi connectivity index (χ0n) is 10.6. The van der Waals surface area contributed by atoms with E-state index in [1.54, 1.807) is 12.1 Å². The molecule has 0 radical (unpaired) electrons. The van der Waals surface area contributed by atoms with Crippen LogP contribution in [0.4, 0.5) is 4.39 Å². The van der Waals surface area contributed by atoms with Crippen LogP contribution in [0.1, 0.15) is 24.1 Å². The molecule has 100 valence electrons. The molecule has 0 saturated heterocycles. The summed E-state index contributed by atoms with van der Waals surface area (Å²) in [6.07, 6.45) is 0. The Morgan fingerprint density at radius 3 is 2.74 bits per heavy atom. The molecule has 0 spiro atoms. The number of hydrogen-bond donors (Lipinski definition) is 1. The molecule has 2 rings (SSSR count). The van der Waals surface area contributed by atoms with Crippen LogP contribution in [-0.2, 0) is 6.61 Å². The molecule has 0 bridgehead atoms. The second-order valence-electron chi connectivity index (χ2n) is 4.36. The highest BCUT2D eigenvalue weighted by Gasteiger charge is 2.07. The van der Waals surface area contributed by atoms with Crippen molar-refractivity contribution in [1.29, 1.82) is 0 Å². The van der Waals surface area contributed by atoms with Crippen molar-refractivity contribution in [1.82, 2.24) is 0 Å². The SMILES string of the molecule is CC(N)c1cccc(OCc2cccc(F)c2Cl)c1. The number of nitrogens with two attached hydrogens (primary N) is 1. The molecule has 4 heteroatoms. The van der Waals surface area contributed by atoms with Crippen LogP contribution >= 0.6 is 11.6 Å². The maximum atomic E-state index is 13.3. The van der Waals surface area contributed by atoms with Crippen molar-refractivity contribution in [2.75, 3.05) is 0 Å². The minimum absolute atomic E-state index is 0.0543. The van der Waals surface area contributed by atoms with Crippen molar-refractivity contribution in [3.05, 3.63) is 64.4 Å². The van der Waals surface area contributed by atoms with Crippen molar-refractivity contribution < 1.29 is 9.13 Å². The van der Waals surface area contributed by atoms with Crippen LogP contribution < -0.4 is 10.5 Å². The smallest absolute Gasteiger partial charge is 0.142 e. The fraction of sp³-hybridized carbons (Fsp3) is 0.200. The Balaban J connectivity index is 2.10. The van der Waals surface area contributed by atoms with E-state index in [2.05, 4.69) is 0 Å². The predicted molar refractivity (Wildman–Crippen MR) is 74.8 cm³/mol. The van der Waals surface area contributed by atoms with Gasteiger partial charge in [-0.2, -0.15) is 0 Å². The fourth-order valence-corrected chi connectivity index (χ4v) is 1.89. The molecular formula is C15H15ClFNO. The summed E-state index contributed by atoms with van der Waals surface area (Å²) in [7, 11) is 0. The first kappa shape index (κ1) is 13.8. The van der Waals surface area contributed by atoms with E-state index in [-0.39, 0.29) is 17.7 Å². The highest BCUT2D eigenvalue weighted by Crippen LogP contribution is 2.23. The molecule has 1 atom stereocenters. The van der Waals surface area contributed by atoms with Gasteiger partial charge in [-0.3, -0.25) is 0 Å². The molecule has 0 fully saturated rings. The number of ether oxygens (including phenoxy) is 1. The van der Waals surface area contributed by atoms with Crippen LogP contribution in [0.15, 0.2) is 42.5 Å². The van der Waals surface area contributed by atoms with Gasteiger partial charge in [0.25, 0.3) is 0 Å². The molecule has 1 unspecified atom stereocenters. The second-order valence-corrected chi connectivity index (χ2v) is 4.74. The number of halogens is 2. The topological polar surface area (TPSA) is 35.2 Å². The van der Waals surface area contributed by atoms with Gasteiger partial charge in [0.15, 0.2) is 0 Å². The minimum Gasteiger partial charge on any atom is -0.489 e. The Hall–Kier alpha value is -1.58. The van der Waals surface area contributed by atoms with Crippen molar-refractivity contribution in [3.8, 4) is 5.75 Å². The molecule has 0 aromatic heterocycles. The molecule has 2 nitrogen and oxygen atoms in total. The first-order valence-electron chi connectivity index (χ1n) is 5.99. The summed E-state index contributed by atoms with van der Waals surface area (Å²) in [6.45, 7) is 2.13. The Morgan fingerprint density at radius 2 is 2.00 bits per heavy atom. The van der Waals surface area contributed by atoms with E-state index in [1.807, 2.05) is 31.2 Å². The summed E-state index contributed by atoms with van der Waals surface area (Å²) < 4.78 is 18.9. The zero-order valence-corrected chi connectivity index (χ0v) is 11.3. The Bertz CT molecular complexity index is 572. The lowest BCUT2D eigenvalue weighted by atomic mass is 10.1. The summed E-state index contributed by atoms with van der Waals surface area (Å²) in [4.78, 5) is 0. The van der Waals surface area contributed by atoms with Gasteiger partial charge in [-0.05, 0) is 30.7 Å². The van der Waals surface area contributed by atoms with Crippen LogP contribution in [0.5, 0.6) is 5.75 Å². The molecule has 0 saturated carbocycles. The second kappa shape index (κ2) is 6.04. The van der Waals surface area contributed by atoms with Gasteiger partial charge < -0.3 is 10.5 Å². The third-order valence-corrected chi connectivity index (χ3v) is 3.23. The normalized spacial score (nSPS) is 12.2. The molecule has 0 aliphatic heterocycles. The van der Waals surface area contributed by atoms with Crippen molar-refractivity contribution in [2.45, 2.75) is 19.6 Å². The van der Waals surface area contributed by atoms with Gasteiger partial charge in [0.2, 0.25) is 0 Å². The predicted octanol–water partition coefficient (Wildman–Crippen LogP) is 4.08. The Kier molecular flexibility index (Phi) is 4.40. The lowest BCUT2D eigenvalue weighted by Crippen LogP contribution is -2.05. The summed E-state index contributed by atoms with van der Waals surface area (Å²) >= 11 is 5.87. The van der Waals surface area contributed by atoms with Gasteiger partial charge in [0.1, 0.15) is 18.2 Å².